The van der Waals surface area contributed by atoms with Gasteiger partial charge in [0.1, 0.15) is 17.9 Å². The Labute approximate surface area is 170 Å². The number of halogens is 2. The molecule has 2 aromatic rings. The quantitative estimate of drug-likeness (QED) is 0.432. The standard InChI is InChI=1S/C18H15Cl2N3O5/c1-18(11-3-2-4-13(9-11)23(26)27)16(24)22(17(25)21-18)7-8-28-15-6-5-12(19)10-14(15)20/h2-6,9-10H,7-8H2,1H3,(H,21,25). The van der Waals surface area contributed by atoms with Gasteiger partial charge < -0.3 is 10.1 Å². The van der Waals surface area contributed by atoms with Crippen LogP contribution in [0.15, 0.2) is 42.5 Å². The summed E-state index contributed by atoms with van der Waals surface area (Å²) in [6, 6.07) is 9.71. The Morgan fingerprint density at radius 1 is 1.21 bits per heavy atom. The van der Waals surface area contributed by atoms with Crippen molar-refractivity contribution in [3.8, 4) is 5.75 Å². The van der Waals surface area contributed by atoms with E-state index in [9.17, 15) is 19.7 Å². The first kappa shape index (κ1) is 19.9. The number of rotatable bonds is 6. The van der Waals surface area contributed by atoms with Crippen LogP contribution < -0.4 is 10.1 Å². The largest absolute Gasteiger partial charge is 0.490 e. The van der Waals surface area contributed by atoms with Crippen molar-refractivity contribution in [2.45, 2.75) is 12.5 Å². The topological polar surface area (TPSA) is 102 Å². The van der Waals surface area contributed by atoms with Gasteiger partial charge in [-0.25, -0.2) is 4.79 Å². The van der Waals surface area contributed by atoms with Crippen LogP contribution in [0.4, 0.5) is 10.5 Å². The summed E-state index contributed by atoms with van der Waals surface area (Å²) >= 11 is 11.8. The highest BCUT2D eigenvalue weighted by atomic mass is 35.5. The number of non-ortho nitro benzene ring substituents is 1. The van der Waals surface area contributed by atoms with Crippen LogP contribution in [0.1, 0.15) is 12.5 Å². The fourth-order valence-electron chi connectivity index (χ4n) is 2.87. The van der Waals surface area contributed by atoms with Crippen LogP contribution in [0.25, 0.3) is 0 Å². The summed E-state index contributed by atoms with van der Waals surface area (Å²) in [6.07, 6.45) is 0. The number of carbonyl (C=O) groups is 2. The Hall–Kier alpha value is -2.84. The number of carbonyl (C=O) groups excluding carboxylic acids is 2. The van der Waals surface area contributed by atoms with Crippen molar-refractivity contribution >= 4 is 40.8 Å². The minimum absolute atomic E-state index is 0.0194. The molecule has 0 spiro atoms. The molecular formula is C18H15Cl2N3O5. The highest BCUT2D eigenvalue weighted by Gasteiger charge is 2.49. The van der Waals surface area contributed by atoms with Gasteiger partial charge in [-0.2, -0.15) is 0 Å². The highest BCUT2D eigenvalue weighted by molar-refractivity contribution is 6.35. The molecule has 1 saturated heterocycles. The number of nitro benzene ring substituents is 1. The van der Waals surface area contributed by atoms with E-state index in [1.165, 1.54) is 31.2 Å². The fourth-order valence-corrected chi connectivity index (χ4v) is 3.33. The second kappa shape index (κ2) is 7.65. The monoisotopic (exact) mass is 423 g/mol. The van der Waals surface area contributed by atoms with Gasteiger partial charge in [-0.15, -0.1) is 0 Å². The number of nitro groups is 1. The molecule has 0 radical (unpaired) electrons. The maximum Gasteiger partial charge on any atom is 0.325 e. The lowest BCUT2D eigenvalue weighted by atomic mass is 9.91. The molecule has 0 aliphatic carbocycles. The average Bonchev–Trinajstić information content (AvgIpc) is 2.87. The third kappa shape index (κ3) is 3.74. The third-order valence-electron chi connectivity index (χ3n) is 4.38. The lowest BCUT2D eigenvalue weighted by Gasteiger charge is -2.22. The molecule has 1 aliphatic rings. The molecule has 0 aromatic heterocycles. The first-order chi connectivity index (χ1) is 13.2. The van der Waals surface area contributed by atoms with Gasteiger partial charge in [0, 0.05) is 17.2 Å². The second-order valence-electron chi connectivity index (χ2n) is 6.24. The number of amides is 3. The molecule has 10 heteroatoms. The number of nitrogens with zero attached hydrogens (tertiary/aromatic N) is 2. The lowest BCUT2D eigenvalue weighted by Crippen LogP contribution is -2.41. The van der Waals surface area contributed by atoms with Gasteiger partial charge in [0.2, 0.25) is 0 Å². The summed E-state index contributed by atoms with van der Waals surface area (Å²) in [5, 5.41) is 14.4. The van der Waals surface area contributed by atoms with Gasteiger partial charge in [0.15, 0.2) is 0 Å². The van der Waals surface area contributed by atoms with E-state index in [0.29, 0.717) is 21.4 Å². The van der Waals surface area contributed by atoms with Crippen LogP contribution in [0.5, 0.6) is 5.75 Å². The van der Waals surface area contributed by atoms with Crippen molar-refractivity contribution in [3.05, 3.63) is 68.2 Å². The normalized spacial score (nSPS) is 18.9. The molecule has 1 aliphatic heterocycles. The van der Waals surface area contributed by atoms with Crippen LogP contribution in [0.3, 0.4) is 0 Å². The van der Waals surface area contributed by atoms with Gasteiger partial charge in [-0.3, -0.25) is 19.8 Å². The molecule has 28 heavy (non-hydrogen) atoms. The second-order valence-corrected chi connectivity index (χ2v) is 7.09. The van der Waals surface area contributed by atoms with E-state index in [1.54, 1.807) is 18.2 Å². The van der Waals surface area contributed by atoms with Crippen molar-refractivity contribution in [3.63, 3.8) is 0 Å². The molecule has 0 bridgehead atoms. The molecule has 3 rings (SSSR count). The third-order valence-corrected chi connectivity index (χ3v) is 4.91. The summed E-state index contributed by atoms with van der Waals surface area (Å²) in [6.45, 7) is 1.50. The summed E-state index contributed by atoms with van der Waals surface area (Å²) < 4.78 is 5.52. The molecular weight excluding hydrogens is 409 g/mol. The van der Waals surface area contributed by atoms with Crippen LogP contribution in [0, 0.1) is 10.1 Å². The van der Waals surface area contributed by atoms with E-state index in [2.05, 4.69) is 5.32 Å². The molecule has 1 fully saturated rings. The fraction of sp³-hybridized carbons (Fsp3) is 0.222. The van der Waals surface area contributed by atoms with Gasteiger partial charge in [0.25, 0.3) is 11.6 Å². The molecule has 1 N–H and O–H groups in total. The van der Waals surface area contributed by atoms with E-state index in [0.717, 1.165) is 4.90 Å². The smallest absolute Gasteiger partial charge is 0.325 e. The SMILES string of the molecule is CC1(c2cccc([N+](=O)[O-])c2)NC(=O)N(CCOc2ccc(Cl)cc2Cl)C1=O. The number of urea groups is 1. The van der Waals surface area contributed by atoms with Crippen molar-refractivity contribution in [1.82, 2.24) is 10.2 Å². The molecule has 1 heterocycles. The van der Waals surface area contributed by atoms with E-state index < -0.39 is 22.4 Å². The van der Waals surface area contributed by atoms with Crippen molar-refractivity contribution in [1.29, 1.82) is 0 Å². The zero-order valence-corrected chi connectivity index (χ0v) is 16.2. The summed E-state index contributed by atoms with van der Waals surface area (Å²) in [4.78, 5) is 36.6. The Morgan fingerprint density at radius 2 is 1.96 bits per heavy atom. The first-order valence-corrected chi connectivity index (χ1v) is 8.95. The van der Waals surface area contributed by atoms with Gasteiger partial charge >= 0.3 is 6.03 Å². The number of hydrogen-bond donors (Lipinski definition) is 1. The van der Waals surface area contributed by atoms with Crippen molar-refractivity contribution in [2.75, 3.05) is 13.2 Å². The lowest BCUT2D eigenvalue weighted by molar-refractivity contribution is -0.385. The molecule has 1 atom stereocenters. The van der Waals surface area contributed by atoms with Crippen LogP contribution in [0.2, 0.25) is 10.0 Å². The maximum atomic E-state index is 12.8. The number of ether oxygens (including phenoxy) is 1. The molecule has 1 unspecified atom stereocenters. The van der Waals surface area contributed by atoms with Gasteiger partial charge in [-0.05, 0) is 30.7 Å². The molecule has 3 amide bonds. The molecule has 8 nitrogen and oxygen atoms in total. The Bertz CT molecular complexity index is 968. The average molecular weight is 424 g/mol. The zero-order chi connectivity index (χ0) is 20.5. The Morgan fingerprint density at radius 3 is 2.64 bits per heavy atom. The number of benzene rings is 2. The zero-order valence-electron chi connectivity index (χ0n) is 14.6. The Balaban J connectivity index is 1.72. The maximum absolute atomic E-state index is 12.8. The molecule has 2 aromatic carbocycles. The van der Waals surface area contributed by atoms with E-state index in [1.807, 2.05) is 0 Å². The summed E-state index contributed by atoms with van der Waals surface area (Å²) in [7, 11) is 0. The van der Waals surface area contributed by atoms with Crippen LogP contribution >= 0.6 is 23.2 Å². The van der Waals surface area contributed by atoms with Gasteiger partial charge in [-0.1, -0.05) is 35.3 Å². The van der Waals surface area contributed by atoms with Crippen molar-refractivity contribution < 1.29 is 19.2 Å². The van der Waals surface area contributed by atoms with Gasteiger partial charge in [0.05, 0.1) is 16.5 Å². The van der Waals surface area contributed by atoms with E-state index >= 15 is 0 Å². The minimum Gasteiger partial charge on any atom is -0.490 e. The van der Waals surface area contributed by atoms with E-state index in [-0.39, 0.29) is 18.8 Å². The summed E-state index contributed by atoms with van der Waals surface area (Å²) in [5.74, 6) is -0.150. The van der Waals surface area contributed by atoms with Crippen LogP contribution in [-0.4, -0.2) is 34.9 Å². The minimum atomic E-state index is -1.40. The first-order valence-electron chi connectivity index (χ1n) is 8.19. The predicted octanol–water partition coefficient (Wildman–Crippen LogP) is 3.75. The number of imide groups is 1. The highest BCUT2D eigenvalue weighted by Crippen LogP contribution is 2.31. The number of nitrogens with one attached hydrogen (secondary N) is 1. The summed E-state index contributed by atoms with van der Waals surface area (Å²) in [5.41, 5.74) is -1.25. The number of hydrogen-bond acceptors (Lipinski definition) is 5. The predicted molar refractivity (Wildman–Crippen MR) is 103 cm³/mol. The van der Waals surface area contributed by atoms with Crippen molar-refractivity contribution in [2.24, 2.45) is 0 Å². The van der Waals surface area contributed by atoms with E-state index in [4.69, 9.17) is 27.9 Å². The van der Waals surface area contributed by atoms with Crippen LogP contribution in [-0.2, 0) is 10.3 Å². The molecule has 0 saturated carbocycles. The molecule has 146 valence electrons. The Kier molecular flexibility index (Phi) is 5.44.